The molecule has 1 amide bonds. The maximum atomic E-state index is 11.1. The van der Waals surface area contributed by atoms with Crippen molar-refractivity contribution < 1.29 is 13.9 Å². The number of primary amides is 1. The molecule has 3 rings (SSSR count). The number of furan rings is 1. The summed E-state index contributed by atoms with van der Waals surface area (Å²) in [6, 6.07) is 9.50. The van der Waals surface area contributed by atoms with Crippen LogP contribution in [0.2, 0.25) is 0 Å². The molecule has 0 unspecified atom stereocenters. The van der Waals surface area contributed by atoms with Gasteiger partial charge in [0.2, 0.25) is 0 Å². The van der Waals surface area contributed by atoms with Gasteiger partial charge in [0.05, 0.1) is 19.7 Å². The minimum absolute atomic E-state index is 0. The summed E-state index contributed by atoms with van der Waals surface area (Å²) in [7, 11) is 0. The zero-order chi connectivity index (χ0) is 19.9. The summed E-state index contributed by atoms with van der Waals surface area (Å²) in [5.41, 5.74) is 7.44. The maximum Gasteiger partial charge on any atom is 0.284 e. The lowest BCUT2D eigenvalue weighted by atomic mass is 10.1. The Morgan fingerprint density at radius 1 is 1.28 bits per heavy atom. The third-order valence-corrected chi connectivity index (χ3v) is 4.48. The Bertz CT molecular complexity index is 846. The fourth-order valence-electron chi connectivity index (χ4n) is 2.70. The van der Waals surface area contributed by atoms with Crippen LogP contribution in [0.15, 0.2) is 39.7 Å². The van der Waals surface area contributed by atoms with Crippen molar-refractivity contribution in [2.75, 3.05) is 13.2 Å². The second-order valence-corrected chi connectivity index (χ2v) is 7.04. The third kappa shape index (κ3) is 7.26. The molecular weight excluding hydrogens is 483 g/mol. The summed E-state index contributed by atoms with van der Waals surface area (Å²) in [6.45, 7) is 6.48. The Balaban J connectivity index is 0.00000300. The molecule has 158 valence electrons. The van der Waals surface area contributed by atoms with E-state index in [9.17, 15) is 4.79 Å². The van der Waals surface area contributed by atoms with Crippen molar-refractivity contribution in [2.45, 2.75) is 39.8 Å². The minimum atomic E-state index is -0.579. The van der Waals surface area contributed by atoms with Crippen LogP contribution in [0.1, 0.15) is 47.2 Å². The number of guanidine groups is 1. The number of rotatable bonds is 9. The van der Waals surface area contributed by atoms with Gasteiger partial charge in [-0.2, -0.15) is 0 Å². The molecular formula is C21H29IN4O3. The molecule has 1 aromatic carbocycles. The van der Waals surface area contributed by atoms with Crippen molar-refractivity contribution in [3.05, 3.63) is 53.0 Å². The summed E-state index contributed by atoms with van der Waals surface area (Å²) in [6.07, 6.45) is 2.52. The second-order valence-electron chi connectivity index (χ2n) is 7.04. The normalized spacial score (nSPS) is 13.5. The van der Waals surface area contributed by atoms with E-state index >= 15 is 0 Å². The quantitative estimate of drug-likeness (QED) is 0.272. The van der Waals surface area contributed by atoms with Crippen LogP contribution in [0.5, 0.6) is 5.75 Å². The van der Waals surface area contributed by atoms with Crippen molar-refractivity contribution in [1.82, 2.24) is 10.6 Å². The van der Waals surface area contributed by atoms with Gasteiger partial charge < -0.3 is 25.5 Å². The largest absolute Gasteiger partial charge is 0.493 e. The zero-order valence-corrected chi connectivity index (χ0v) is 19.2. The fraction of sp³-hybridized carbons (Fsp3) is 0.429. The summed E-state index contributed by atoms with van der Waals surface area (Å²) in [5, 5.41) is 6.41. The Morgan fingerprint density at radius 2 is 2.07 bits per heavy atom. The lowest BCUT2D eigenvalue weighted by Crippen LogP contribution is -2.36. The van der Waals surface area contributed by atoms with Crippen molar-refractivity contribution in [3.8, 4) is 5.75 Å². The number of halogens is 1. The number of hydrogen-bond acceptors (Lipinski definition) is 4. The van der Waals surface area contributed by atoms with Crippen molar-refractivity contribution in [2.24, 2.45) is 16.6 Å². The van der Waals surface area contributed by atoms with E-state index in [0.29, 0.717) is 30.7 Å². The van der Waals surface area contributed by atoms with Crippen LogP contribution in [-0.4, -0.2) is 25.0 Å². The van der Waals surface area contributed by atoms with Gasteiger partial charge in [0, 0.05) is 12.1 Å². The van der Waals surface area contributed by atoms with Gasteiger partial charge in [-0.05, 0) is 56.4 Å². The fourth-order valence-corrected chi connectivity index (χ4v) is 2.70. The molecule has 0 atom stereocenters. The van der Waals surface area contributed by atoms with Crippen LogP contribution in [0.25, 0.3) is 0 Å². The van der Waals surface area contributed by atoms with E-state index in [-0.39, 0.29) is 29.7 Å². The number of aliphatic imine (C=N–C) groups is 1. The van der Waals surface area contributed by atoms with Crippen LogP contribution in [0.4, 0.5) is 0 Å². The van der Waals surface area contributed by atoms with E-state index < -0.39 is 5.91 Å². The third-order valence-electron chi connectivity index (χ3n) is 4.48. The van der Waals surface area contributed by atoms with E-state index in [1.165, 1.54) is 18.4 Å². The molecule has 1 heterocycles. The van der Waals surface area contributed by atoms with Gasteiger partial charge >= 0.3 is 0 Å². The molecule has 7 nitrogen and oxygen atoms in total. The molecule has 4 N–H and O–H groups in total. The van der Waals surface area contributed by atoms with Gasteiger partial charge in [0.1, 0.15) is 11.5 Å². The molecule has 0 radical (unpaired) electrons. The number of nitrogens with one attached hydrogen (secondary N) is 2. The van der Waals surface area contributed by atoms with Crippen LogP contribution in [0.3, 0.4) is 0 Å². The van der Waals surface area contributed by atoms with Crippen LogP contribution in [0, 0.1) is 12.8 Å². The zero-order valence-electron chi connectivity index (χ0n) is 16.9. The topological polar surface area (TPSA) is 102 Å². The highest BCUT2D eigenvalue weighted by atomic mass is 127. The van der Waals surface area contributed by atoms with E-state index in [0.717, 1.165) is 24.5 Å². The number of aryl methyl sites for hydroxylation is 1. The molecule has 1 aliphatic carbocycles. The minimum Gasteiger partial charge on any atom is -0.493 e. The van der Waals surface area contributed by atoms with Crippen LogP contribution < -0.4 is 21.1 Å². The van der Waals surface area contributed by atoms with Crippen molar-refractivity contribution >= 4 is 35.8 Å². The average molecular weight is 512 g/mol. The molecule has 1 fully saturated rings. The lowest BCUT2D eigenvalue weighted by molar-refractivity contribution is 0.0972. The average Bonchev–Trinajstić information content (AvgIpc) is 3.38. The molecule has 0 spiro atoms. The summed E-state index contributed by atoms with van der Waals surface area (Å²) < 4.78 is 11.4. The summed E-state index contributed by atoms with van der Waals surface area (Å²) in [5.74, 6) is 2.45. The van der Waals surface area contributed by atoms with Gasteiger partial charge in [-0.3, -0.25) is 4.79 Å². The summed E-state index contributed by atoms with van der Waals surface area (Å²) in [4.78, 5) is 15.8. The first-order chi connectivity index (χ1) is 13.5. The molecule has 0 bridgehead atoms. The standard InChI is InChI=1S/C21H28N4O3.HI/c1-3-23-21(25-12-17-8-9-18(28-17)20(22)26)24-11-16-7-4-14(2)10-19(16)27-13-15-5-6-15;/h4,7-10,15H,3,5-6,11-13H2,1-2H3,(H2,22,26)(H2,23,24,25);1H. The first-order valence-electron chi connectivity index (χ1n) is 9.68. The highest BCUT2D eigenvalue weighted by Gasteiger charge is 2.22. The highest BCUT2D eigenvalue weighted by molar-refractivity contribution is 14.0. The monoisotopic (exact) mass is 512 g/mol. The first kappa shape index (κ1) is 23.1. The van der Waals surface area contributed by atoms with E-state index in [2.05, 4.69) is 40.7 Å². The number of hydrogen-bond donors (Lipinski definition) is 3. The van der Waals surface area contributed by atoms with Gasteiger partial charge in [-0.1, -0.05) is 12.1 Å². The van der Waals surface area contributed by atoms with Crippen LogP contribution >= 0.6 is 24.0 Å². The molecule has 29 heavy (non-hydrogen) atoms. The van der Waals surface area contributed by atoms with Crippen molar-refractivity contribution in [3.63, 3.8) is 0 Å². The van der Waals surface area contributed by atoms with Gasteiger partial charge in [-0.15, -0.1) is 24.0 Å². The van der Waals surface area contributed by atoms with Crippen LogP contribution in [-0.2, 0) is 13.1 Å². The lowest BCUT2D eigenvalue weighted by Gasteiger charge is -2.13. The number of ether oxygens (including phenoxy) is 1. The van der Waals surface area contributed by atoms with E-state index in [4.69, 9.17) is 14.9 Å². The second kappa shape index (κ2) is 11.1. The number of benzene rings is 1. The molecule has 0 aliphatic heterocycles. The smallest absolute Gasteiger partial charge is 0.284 e. The Kier molecular flexibility index (Phi) is 8.81. The predicted octanol–water partition coefficient (Wildman–Crippen LogP) is 3.35. The summed E-state index contributed by atoms with van der Waals surface area (Å²) >= 11 is 0. The number of nitrogens with two attached hydrogens (primary N) is 1. The molecule has 1 saturated carbocycles. The number of amides is 1. The van der Waals surface area contributed by atoms with Gasteiger partial charge in [0.15, 0.2) is 11.7 Å². The Labute approximate surface area is 188 Å². The molecule has 8 heteroatoms. The number of carbonyl (C=O) groups is 1. The van der Waals surface area contributed by atoms with E-state index in [1.54, 1.807) is 12.1 Å². The van der Waals surface area contributed by atoms with Gasteiger partial charge in [0.25, 0.3) is 5.91 Å². The van der Waals surface area contributed by atoms with Gasteiger partial charge in [-0.25, -0.2) is 4.99 Å². The Morgan fingerprint density at radius 3 is 2.72 bits per heavy atom. The molecule has 1 aromatic heterocycles. The molecule has 0 saturated heterocycles. The van der Waals surface area contributed by atoms with Crippen molar-refractivity contribution in [1.29, 1.82) is 0 Å². The molecule has 1 aliphatic rings. The Hall–Kier alpha value is -2.23. The number of carbonyl (C=O) groups excluding carboxylic acids is 1. The van der Waals surface area contributed by atoms with E-state index in [1.807, 2.05) is 6.92 Å². The first-order valence-corrected chi connectivity index (χ1v) is 9.68. The SMILES string of the molecule is CCNC(=NCc1ccc(C)cc1OCC1CC1)NCc1ccc(C(N)=O)o1.I. The number of nitrogens with zero attached hydrogens (tertiary/aromatic N) is 1. The highest BCUT2D eigenvalue weighted by Crippen LogP contribution is 2.30. The maximum absolute atomic E-state index is 11.1. The predicted molar refractivity (Wildman–Crippen MR) is 124 cm³/mol. The molecule has 2 aromatic rings.